The number of nitrogen functional groups attached to an aromatic ring is 1. The van der Waals surface area contributed by atoms with Gasteiger partial charge in [-0.25, -0.2) is 4.79 Å². The Labute approximate surface area is 151 Å². The van der Waals surface area contributed by atoms with E-state index in [1.54, 1.807) is 12.1 Å². The third-order valence-corrected chi connectivity index (χ3v) is 3.34. The summed E-state index contributed by atoms with van der Waals surface area (Å²) in [5.41, 5.74) is 7.13. The fourth-order valence-electron chi connectivity index (χ4n) is 2.01. The van der Waals surface area contributed by atoms with Gasteiger partial charge >= 0.3 is 5.97 Å². The second-order valence-corrected chi connectivity index (χ2v) is 5.38. The average Bonchev–Trinajstić information content (AvgIpc) is 2.94. The molecule has 0 aliphatic carbocycles. The quantitative estimate of drug-likeness (QED) is 0.314. The minimum absolute atomic E-state index is 0.0615. The van der Waals surface area contributed by atoms with Gasteiger partial charge in [0.25, 0.3) is 11.8 Å². The summed E-state index contributed by atoms with van der Waals surface area (Å²) in [4.78, 5) is 38.8. The van der Waals surface area contributed by atoms with Crippen LogP contribution in [0.2, 0.25) is 0 Å². The Kier molecular flexibility index (Phi) is 7.61. The molecule has 2 amide bonds. The normalized spacial score (nSPS) is 13.5. The van der Waals surface area contributed by atoms with E-state index < -0.39 is 17.8 Å². The first-order valence-electron chi connectivity index (χ1n) is 8.13. The smallest absolute Gasteiger partial charge is 0.335 e. The molecule has 138 valence electrons. The van der Waals surface area contributed by atoms with Crippen LogP contribution in [0.3, 0.4) is 0 Å². The van der Waals surface area contributed by atoms with E-state index in [0.29, 0.717) is 24.0 Å². The third-order valence-electron chi connectivity index (χ3n) is 3.34. The molecule has 8 nitrogen and oxygen atoms in total. The first kappa shape index (κ1) is 19.4. The Balaban J connectivity index is 1.49. The minimum Gasteiger partial charge on any atom is -0.399 e. The molecular formula is C18H20N2O6. The highest BCUT2D eigenvalue weighted by Gasteiger charge is 2.32. The Morgan fingerprint density at radius 1 is 1.04 bits per heavy atom. The number of imide groups is 1. The molecule has 8 heteroatoms. The maximum absolute atomic E-state index is 11.5. The zero-order valence-corrected chi connectivity index (χ0v) is 14.2. The number of carbonyl (C=O) groups excluding carboxylic acids is 3. The number of benzene rings is 1. The van der Waals surface area contributed by atoms with E-state index in [2.05, 4.69) is 11.8 Å². The molecule has 0 unspecified atom stereocenters. The molecule has 0 bridgehead atoms. The van der Waals surface area contributed by atoms with Crippen LogP contribution in [0.1, 0.15) is 24.8 Å². The summed E-state index contributed by atoms with van der Waals surface area (Å²) in [5, 5.41) is 0.519. The van der Waals surface area contributed by atoms with Gasteiger partial charge in [0.1, 0.15) is 6.61 Å². The zero-order valence-electron chi connectivity index (χ0n) is 14.2. The standard InChI is InChI=1S/C18H20N2O6/c19-15-5-3-14(4-6-15)2-1-10-24-12-13-25-11-9-18(23)26-20-16(21)7-8-17(20)22/h3-6H,7-13,19H2. The Morgan fingerprint density at radius 3 is 2.38 bits per heavy atom. The molecule has 1 aromatic rings. The van der Waals surface area contributed by atoms with Crippen molar-refractivity contribution in [3.63, 3.8) is 0 Å². The van der Waals surface area contributed by atoms with Crippen LogP contribution in [0.5, 0.6) is 0 Å². The van der Waals surface area contributed by atoms with Gasteiger partial charge in [0.2, 0.25) is 0 Å². The molecule has 0 radical (unpaired) electrons. The van der Waals surface area contributed by atoms with E-state index in [9.17, 15) is 14.4 Å². The molecule has 1 aliphatic rings. The molecule has 0 saturated carbocycles. The highest BCUT2D eigenvalue weighted by Crippen LogP contribution is 2.12. The summed E-state index contributed by atoms with van der Waals surface area (Å²) < 4.78 is 10.5. The fourth-order valence-corrected chi connectivity index (χ4v) is 2.01. The number of hydrogen-bond donors (Lipinski definition) is 1. The number of amides is 2. The molecular weight excluding hydrogens is 340 g/mol. The van der Waals surface area contributed by atoms with Crippen LogP contribution in [-0.2, 0) is 28.7 Å². The van der Waals surface area contributed by atoms with Gasteiger partial charge in [-0.2, -0.15) is 0 Å². The average molecular weight is 360 g/mol. The lowest BCUT2D eigenvalue weighted by Gasteiger charge is -2.12. The van der Waals surface area contributed by atoms with Crippen molar-refractivity contribution in [1.29, 1.82) is 0 Å². The lowest BCUT2D eigenvalue weighted by Crippen LogP contribution is -2.32. The number of rotatable bonds is 8. The number of nitrogens with zero attached hydrogens (tertiary/aromatic N) is 1. The fraction of sp³-hybridized carbons (Fsp3) is 0.389. The molecule has 2 rings (SSSR count). The van der Waals surface area contributed by atoms with Crippen LogP contribution < -0.4 is 5.73 Å². The summed E-state index contributed by atoms with van der Waals surface area (Å²) in [5.74, 6) is 4.11. The summed E-state index contributed by atoms with van der Waals surface area (Å²) in [7, 11) is 0. The van der Waals surface area contributed by atoms with Crippen molar-refractivity contribution < 1.29 is 28.7 Å². The second kappa shape index (κ2) is 10.2. The molecule has 0 spiro atoms. The van der Waals surface area contributed by atoms with E-state index in [1.165, 1.54) is 0 Å². The van der Waals surface area contributed by atoms with Crippen molar-refractivity contribution in [2.75, 3.05) is 32.2 Å². The first-order chi connectivity index (χ1) is 12.6. The number of nitrogens with two attached hydrogens (primary N) is 1. The van der Waals surface area contributed by atoms with Gasteiger partial charge in [0.05, 0.1) is 26.2 Å². The van der Waals surface area contributed by atoms with Crippen molar-refractivity contribution >= 4 is 23.5 Å². The predicted octanol–water partition coefficient (Wildman–Crippen LogP) is 0.651. The van der Waals surface area contributed by atoms with Crippen molar-refractivity contribution in [2.24, 2.45) is 0 Å². The van der Waals surface area contributed by atoms with Crippen molar-refractivity contribution in [2.45, 2.75) is 19.3 Å². The van der Waals surface area contributed by atoms with Crippen LogP contribution >= 0.6 is 0 Å². The summed E-state index contributed by atoms with van der Waals surface area (Å²) in [6, 6.07) is 7.21. The van der Waals surface area contributed by atoms with Gasteiger partial charge in [0, 0.05) is 24.1 Å². The third kappa shape index (κ3) is 6.55. The Hall–Kier alpha value is -2.89. The van der Waals surface area contributed by atoms with Crippen molar-refractivity contribution in [1.82, 2.24) is 5.06 Å². The van der Waals surface area contributed by atoms with Crippen LogP contribution in [0.25, 0.3) is 0 Å². The summed E-state index contributed by atoms with van der Waals surface area (Å²) in [6.07, 6.45) is 0.0797. The number of hydroxylamine groups is 2. The number of hydrogen-bond acceptors (Lipinski definition) is 7. The van der Waals surface area contributed by atoms with Crippen molar-refractivity contribution in [3.8, 4) is 11.8 Å². The molecule has 1 aromatic carbocycles. The molecule has 1 saturated heterocycles. The van der Waals surface area contributed by atoms with Crippen molar-refractivity contribution in [3.05, 3.63) is 29.8 Å². The van der Waals surface area contributed by atoms with Gasteiger partial charge < -0.3 is 20.0 Å². The largest absolute Gasteiger partial charge is 0.399 e. The SMILES string of the molecule is Nc1ccc(C#CCOCCOCCC(=O)ON2C(=O)CCC2=O)cc1. The van der Waals surface area contributed by atoms with E-state index in [1.807, 2.05) is 12.1 Å². The zero-order chi connectivity index (χ0) is 18.8. The monoisotopic (exact) mass is 360 g/mol. The summed E-state index contributed by atoms with van der Waals surface area (Å²) in [6.45, 7) is 0.984. The van der Waals surface area contributed by atoms with Gasteiger partial charge in [-0.15, -0.1) is 5.06 Å². The van der Waals surface area contributed by atoms with Crippen LogP contribution in [0.4, 0.5) is 5.69 Å². The van der Waals surface area contributed by atoms with Crippen LogP contribution in [-0.4, -0.2) is 49.3 Å². The molecule has 0 aromatic heterocycles. The van der Waals surface area contributed by atoms with Gasteiger partial charge in [-0.05, 0) is 24.3 Å². The maximum atomic E-state index is 11.5. The Bertz CT molecular complexity index is 689. The second-order valence-electron chi connectivity index (χ2n) is 5.38. The number of carbonyl (C=O) groups is 3. The van der Waals surface area contributed by atoms with Gasteiger partial charge in [0.15, 0.2) is 0 Å². The topological polar surface area (TPSA) is 108 Å². The molecule has 1 heterocycles. The van der Waals surface area contributed by atoms with Crippen LogP contribution in [0, 0.1) is 11.8 Å². The van der Waals surface area contributed by atoms with E-state index in [-0.39, 0.29) is 32.5 Å². The molecule has 0 atom stereocenters. The highest BCUT2D eigenvalue weighted by molar-refractivity contribution is 6.01. The highest BCUT2D eigenvalue weighted by atomic mass is 16.7. The van der Waals surface area contributed by atoms with Crippen LogP contribution in [0.15, 0.2) is 24.3 Å². The first-order valence-corrected chi connectivity index (χ1v) is 8.13. The minimum atomic E-state index is -0.691. The lowest BCUT2D eigenvalue weighted by atomic mass is 10.2. The summed E-state index contributed by atoms with van der Waals surface area (Å²) >= 11 is 0. The Morgan fingerprint density at radius 2 is 1.69 bits per heavy atom. The van der Waals surface area contributed by atoms with E-state index >= 15 is 0 Å². The molecule has 1 fully saturated rings. The van der Waals surface area contributed by atoms with E-state index in [4.69, 9.17) is 20.0 Å². The maximum Gasteiger partial charge on any atom is 0.335 e. The van der Waals surface area contributed by atoms with Gasteiger partial charge in [-0.3, -0.25) is 9.59 Å². The van der Waals surface area contributed by atoms with E-state index in [0.717, 1.165) is 5.56 Å². The molecule has 26 heavy (non-hydrogen) atoms. The predicted molar refractivity (Wildman–Crippen MR) is 91.2 cm³/mol. The number of anilines is 1. The van der Waals surface area contributed by atoms with Gasteiger partial charge in [-0.1, -0.05) is 11.8 Å². The number of ether oxygens (including phenoxy) is 2. The lowest BCUT2D eigenvalue weighted by molar-refractivity contribution is -0.198. The molecule has 2 N–H and O–H groups in total. The molecule has 1 aliphatic heterocycles.